The van der Waals surface area contributed by atoms with E-state index < -0.39 is 0 Å². The highest BCUT2D eigenvalue weighted by atomic mass is 19.1. The van der Waals surface area contributed by atoms with Gasteiger partial charge in [0.2, 0.25) is 0 Å². The highest BCUT2D eigenvalue weighted by Crippen LogP contribution is 2.34. The minimum absolute atomic E-state index is 0.111. The Labute approximate surface area is 132 Å². The van der Waals surface area contributed by atoms with Crippen LogP contribution < -0.4 is 5.56 Å². The van der Waals surface area contributed by atoms with Gasteiger partial charge in [-0.05, 0) is 55.9 Å². The molecule has 5 heteroatoms. The lowest BCUT2D eigenvalue weighted by Gasteiger charge is -2.22. The molecule has 0 atom stereocenters. The maximum Gasteiger partial charge on any atom is 0.257 e. The van der Waals surface area contributed by atoms with E-state index >= 15 is 0 Å². The normalized spacial score (nSPS) is 16.0. The van der Waals surface area contributed by atoms with Crippen LogP contribution in [0.4, 0.5) is 4.39 Å². The molecule has 23 heavy (non-hydrogen) atoms. The minimum atomic E-state index is -0.235. The van der Waals surface area contributed by atoms with E-state index in [1.807, 2.05) is 0 Å². The van der Waals surface area contributed by atoms with Gasteiger partial charge in [-0.1, -0.05) is 0 Å². The summed E-state index contributed by atoms with van der Waals surface area (Å²) < 4.78 is 15.4. The third-order valence-corrected chi connectivity index (χ3v) is 5.12. The lowest BCUT2D eigenvalue weighted by atomic mass is 9.96. The molecule has 0 bridgehead atoms. The van der Waals surface area contributed by atoms with Gasteiger partial charge in [0.05, 0.1) is 11.4 Å². The minimum Gasteiger partial charge on any atom is -0.352 e. The molecule has 1 aliphatic heterocycles. The van der Waals surface area contributed by atoms with Gasteiger partial charge < -0.3 is 4.98 Å². The van der Waals surface area contributed by atoms with Crippen LogP contribution in [0.5, 0.6) is 0 Å². The van der Waals surface area contributed by atoms with E-state index in [4.69, 9.17) is 4.98 Å². The third-order valence-electron chi connectivity index (χ3n) is 5.12. The van der Waals surface area contributed by atoms with E-state index in [9.17, 15) is 9.18 Å². The molecular weight excluding hydrogens is 293 g/mol. The van der Waals surface area contributed by atoms with E-state index in [2.05, 4.69) is 4.98 Å². The molecule has 0 amide bonds. The maximum atomic E-state index is 13.6. The molecule has 5 rings (SSSR count). The molecule has 116 valence electrons. The fourth-order valence-corrected chi connectivity index (χ4v) is 3.98. The predicted molar refractivity (Wildman–Crippen MR) is 86.1 cm³/mol. The van der Waals surface area contributed by atoms with Gasteiger partial charge in [-0.15, -0.1) is 0 Å². The number of benzene rings is 1. The Kier molecular flexibility index (Phi) is 2.57. The zero-order chi connectivity index (χ0) is 15.6. The number of hydrogen-bond donors (Lipinski definition) is 1. The summed E-state index contributed by atoms with van der Waals surface area (Å²) in [5.41, 5.74) is 4.80. The summed E-state index contributed by atoms with van der Waals surface area (Å²) in [6.45, 7) is 0.616. The molecule has 2 aromatic heterocycles. The van der Waals surface area contributed by atoms with Crippen LogP contribution in [0.2, 0.25) is 0 Å². The number of fused-ring (bicyclic) bond motifs is 6. The molecule has 0 radical (unpaired) electrons. The van der Waals surface area contributed by atoms with Crippen LogP contribution in [0.25, 0.3) is 22.4 Å². The second-order valence-corrected chi connectivity index (χ2v) is 6.44. The molecule has 4 nitrogen and oxygen atoms in total. The van der Waals surface area contributed by atoms with Crippen molar-refractivity contribution < 1.29 is 4.39 Å². The van der Waals surface area contributed by atoms with E-state index in [0.29, 0.717) is 12.4 Å². The number of nitrogens with zero attached hydrogens (tertiary/aromatic N) is 2. The van der Waals surface area contributed by atoms with Crippen molar-refractivity contribution in [2.24, 2.45) is 0 Å². The number of rotatable bonds is 0. The lowest BCUT2D eigenvalue weighted by molar-refractivity contribution is 0.594. The summed E-state index contributed by atoms with van der Waals surface area (Å²) in [4.78, 5) is 20.9. The number of aromatic amines is 1. The zero-order valence-electron chi connectivity index (χ0n) is 12.7. The monoisotopic (exact) mass is 309 g/mol. The van der Waals surface area contributed by atoms with Crippen molar-refractivity contribution >= 4 is 10.9 Å². The molecule has 2 aliphatic rings. The van der Waals surface area contributed by atoms with Crippen LogP contribution >= 0.6 is 0 Å². The third kappa shape index (κ3) is 1.76. The molecule has 3 heterocycles. The predicted octanol–water partition coefficient (Wildman–Crippen LogP) is 2.97. The molecule has 1 aromatic carbocycles. The first kappa shape index (κ1) is 13.0. The Bertz CT molecular complexity index is 1020. The molecule has 1 aliphatic carbocycles. The Morgan fingerprint density at radius 3 is 2.91 bits per heavy atom. The van der Waals surface area contributed by atoms with Crippen LogP contribution in [-0.4, -0.2) is 14.5 Å². The molecule has 0 saturated carbocycles. The molecule has 0 unspecified atom stereocenters. The van der Waals surface area contributed by atoms with Gasteiger partial charge in [0.15, 0.2) is 5.82 Å². The van der Waals surface area contributed by atoms with Gasteiger partial charge in [0.25, 0.3) is 5.56 Å². The standard InChI is InChI=1S/C18H16FN3O/c19-10-5-6-15-13(9-10)11-7-8-22-17(16(11)20-15)21-14-4-2-1-3-12(14)18(22)23/h5-6,9,20H,1-4,7-8H2. The van der Waals surface area contributed by atoms with Crippen LogP contribution in [-0.2, 0) is 25.8 Å². The topological polar surface area (TPSA) is 50.7 Å². The Morgan fingerprint density at radius 1 is 1.13 bits per heavy atom. The molecule has 0 fully saturated rings. The van der Waals surface area contributed by atoms with Crippen LogP contribution in [0.3, 0.4) is 0 Å². The summed E-state index contributed by atoms with van der Waals surface area (Å²) in [6.07, 6.45) is 4.61. The number of nitrogens with one attached hydrogen (secondary N) is 1. The molecule has 3 aromatic rings. The van der Waals surface area contributed by atoms with E-state index in [1.54, 1.807) is 16.7 Å². The molecular formula is C18H16FN3O. The average molecular weight is 309 g/mol. The highest BCUT2D eigenvalue weighted by Gasteiger charge is 2.26. The first-order chi connectivity index (χ1) is 11.2. The van der Waals surface area contributed by atoms with Crippen molar-refractivity contribution in [2.75, 3.05) is 0 Å². The Balaban J connectivity index is 1.82. The fourth-order valence-electron chi connectivity index (χ4n) is 3.98. The van der Waals surface area contributed by atoms with Crippen LogP contribution in [0.15, 0.2) is 23.0 Å². The average Bonchev–Trinajstić information content (AvgIpc) is 2.93. The quantitative estimate of drug-likeness (QED) is 0.694. The largest absolute Gasteiger partial charge is 0.352 e. The second kappa shape index (κ2) is 4.54. The van der Waals surface area contributed by atoms with Crippen molar-refractivity contribution in [1.29, 1.82) is 0 Å². The van der Waals surface area contributed by atoms with Crippen molar-refractivity contribution in [2.45, 2.75) is 38.6 Å². The molecule has 0 saturated heterocycles. The first-order valence-corrected chi connectivity index (χ1v) is 8.15. The first-order valence-electron chi connectivity index (χ1n) is 8.15. The van der Waals surface area contributed by atoms with E-state index in [0.717, 1.165) is 65.5 Å². The fraction of sp³-hybridized carbons (Fsp3) is 0.333. The smallest absolute Gasteiger partial charge is 0.257 e. The van der Waals surface area contributed by atoms with Crippen molar-refractivity contribution in [3.8, 4) is 11.5 Å². The van der Waals surface area contributed by atoms with Gasteiger partial charge >= 0.3 is 0 Å². The number of hydrogen-bond acceptors (Lipinski definition) is 2. The summed E-state index contributed by atoms with van der Waals surface area (Å²) in [5.74, 6) is 0.481. The summed E-state index contributed by atoms with van der Waals surface area (Å²) in [6, 6.07) is 4.78. The SMILES string of the molecule is O=c1c2c(nc3n1CCc1c-3[nH]c3ccc(F)cc13)CCCC2. The summed E-state index contributed by atoms with van der Waals surface area (Å²) in [7, 11) is 0. The maximum absolute atomic E-state index is 13.6. The van der Waals surface area contributed by atoms with Gasteiger partial charge in [0, 0.05) is 23.0 Å². The zero-order valence-corrected chi connectivity index (χ0v) is 12.7. The van der Waals surface area contributed by atoms with Crippen molar-refractivity contribution in [1.82, 2.24) is 14.5 Å². The van der Waals surface area contributed by atoms with Gasteiger partial charge in [-0.2, -0.15) is 0 Å². The summed E-state index contributed by atoms with van der Waals surface area (Å²) in [5, 5.41) is 0.901. The number of aromatic nitrogens is 3. The second-order valence-electron chi connectivity index (χ2n) is 6.44. The van der Waals surface area contributed by atoms with E-state index in [1.165, 1.54) is 6.07 Å². The number of halogens is 1. The van der Waals surface area contributed by atoms with Crippen LogP contribution in [0, 0.1) is 5.82 Å². The van der Waals surface area contributed by atoms with Crippen LogP contribution in [0.1, 0.15) is 29.7 Å². The van der Waals surface area contributed by atoms with Gasteiger partial charge in [-0.3, -0.25) is 9.36 Å². The van der Waals surface area contributed by atoms with Gasteiger partial charge in [0.1, 0.15) is 5.82 Å². The summed E-state index contributed by atoms with van der Waals surface area (Å²) >= 11 is 0. The number of aryl methyl sites for hydroxylation is 2. The lowest BCUT2D eigenvalue weighted by Crippen LogP contribution is -2.32. The number of H-pyrrole nitrogens is 1. The van der Waals surface area contributed by atoms with Crippen molar-refractivity contribution in [3.05, 3.63) is 51.2 Å². The Morgan fingerprint density at radius 2 is 2.00 bits per heavy atom. The Hall–Kier alpha value is -2.43. The molecule has 0 spiro atoms. The highest BCUT2D eigenvalue weighted by molar-refractivity contribution is 5.90. The van der Waals surface area contributed by atoms with Crippen molar-refractivity contribution in [3.63, 3.8) is 0 Å². The molecule has 1 N–H and O–H groups in total. The van der Waals surface area contributed by atoms with Gasteiger partial charge in [-0.25, -0.2) is 9.37 Å². The van der Waals surface area contributed by atoms with E-state index in [-0.39, 0.29) is 11.4 Å².